The highest BCUT2D eigenvalue weighted by atomic mass is 79.9. The molecule has 0 aliphatic heterocycles. The van der Waals surface area contributed by atoms with Crippen molar-refractivity contribution in [3.05, 3.63) is 0 Å². The number of hydrogen-bond acceptors (Lipinski definition) is 5. The van der Waals surface area contributed by atoms with E-state index in [1.165, 1.54) is 0 Å². The lowest BCUT2D eigenvalue weighted by Gasteiger charge is -2.17. The van der Waals surface area contributed by atoms with Gasteiger partial charge in [0.2, 0.25) is 0 Å². The topological polar surface area (TPSA) is 72.8 Å². The fourth-order valence-electron chi connectivity index (χ4n) is 1.63. The number of halogens is 1. The van der Waals surface area contributed by atoms with Crippen LogP contribution in [0.2, 0.25) is 0 Å². The minimum atomic E-state index is -0.876. The molecule has 1 N–H and O–H groups in total. The van der Waals surface area contributed by atoms with E-state index in [1.54, 1.807) is 13.8 Å². The van der Waals surface area contributed by atoms with Gasteiger partial charge in [-0.05, 0) is 33.1 Å². The van der Waals surface area contributed by atoms with E-state index in [0.717, 1.165) is 12.8 Å². The third kappa shape index (κ3) is 8.21. The quantitative estimate of drug-likeness (QED) is 0.285. The monoisotopic (exact) mass is 338 g/mol. The first-order valence-electron chi connectivity index (χ1n) is 6.64. The third-order valence-electron chi connectivity index (χ3n) is 2.56. The van der Waals surface area contributed by atoms with Gasteiger partial charge in [-0.3, -0.25) is 9.59 Å². The lowest BCUT2D eigenvalue weighted by molar-refractivity contribution is -0.161. The molecule has 0 saturated carbocycles. The predicted octanol–water partition coefficient (Wildman–Crippen LogP) is 2.04. The van der Waals surface area contributed by atoms with Crippen LogP contribution in [0.5, 0.6) is 0 Å². The molecule has 0 spiro atoms. The Kier molecular flexibility index (Phi) is 10.9. The molecule has 0 aromatic rings. The molecule has 0 aliphatic carbocycles. The van der Waals surface area contributed by atoms with Crippen LogP contribution in [0, 0.1) is 5.92 Å². The van der Waals surface area contributed by atoms with E-state index in [0.29, 0.717) is 12.8 Å². The molecule has 0 saturated heterocycles. The Labute approximate surface area is 122 Å². The van der Waals surface area contributed by atoms with Crippen LogP contribution in [-0.2, 0) is 19.1 Å². The Bertz CT molecular complexity index is 252. The van der Waals surface area contributed by atoms with E-state index >= 15 is 0 Å². The molecule has 5 nitrogen and oxygen atoms in total. The summed E-state index contributed by atoms with van der Waals surface area (Å²) >= 11 is 3.45. The Hall–Kier alpha value is -0.620. The minimum absolute atomic E-state index is 0.0258. The van der Waals surface area contributed by atoms with Crippen LogP contribution in [0.4, 0.5) is 0 Å². The van der Waals surface area contributed by atoms with E-state index in [4.69, 9.17) is 14.6 Å². The molecule has 0 aliphatic rings. The van der Waals surface area contributed by atoms with Crippen molar-refractivity contribution in [2.45, 2.75) is 44.4 Å². The molecular formula is C13H23BrO5. The van der Waals surface area contributed by atoms with Gasteiger partial charge in [-0.15, -0.1) is 0 Å². The molecule has 1 unspecified atom stereocenters. The summed E-state index contributed by atoms with van der Waals surface area (Å²) in [5.41, 5.74) is 0. The summed E-state index contributed by atoms with van der Waals surface area (Å²) in [4.78, 5) is 23.5. The van der Waals surface area contributed by atoms with Crippen LogP contribution in [-0.4, -0.2) is 41.7 Å². The number of alkyl halides is 1. The summed E-state index contributed by atoms with van der Waals surface area (Å²) in [5, 5.41) is 8.71. The number of hydrogen-bond donors (Lipinski definition) is 1. The largest absolute Gasteiger partial charge is 0.465 e. The molecule has 0 bridgehead atoms. The zero-order chi connectivity index (χ0) is 14.7. The normalized spacial score (nSPS) is 12.3. The second-order valence-corrected chi connectivity index (χ2v) is 5.40. The van der Waals surface area contributed by atoms with Crippen molar-refractivity contribution in [3.63, 3.8) is 0 Å². The van der Waals surface area contributed by atoms with Crippen LogP contribution in [0.25, 0.3) is 0 Å². The van der Waals surface area contributed by atoms with E-state index in [1.807, 2.05) is 0 Å². The first kappa shape index (κ1) is 18.4. The lowest BCUT2D eigenvalue weighted by Crippen LogP contribution is -2.30. The number of ether oxygens (including phenoxy) is 2. The van der Waals surface area contributed by atoms with Crippen molar-refractivity contribution in [2.24, 2.45) is 5.92 Å². The molecule has 112 valence electrons. The fourth-order valence-corrected chi connectivity index (χ4v) is 2.32. The van der Waals surface area contributed by atoms with Gasteiger partial charge in [-0.2, -0.15) is 0 Å². The molecule has 19 heavy (non-hydrogen) atoms. The smallest absolute Gasteiger partial charge is 0.320 e. The van der Waals surface area contributed by atoms with Gasteiger partial charge in [-0.1, -0.05) is 22.4 Å². The fraction of sp³-hybridized carbons (Fsp3) is 0.846. The van der Waals surface area contributed by atoms with Gasteiger partial charge in [0.1, 0.15) is 0 Å². The van der Waals surface area contributed by atoms with E-state index in [9.17, 15) is 9.59 Å². The highest BCUT2D eigenvalue weighted by molar-refractivity contribution is 9.09. The standard InChI is InChI=1S/C13H23BrO5/c1-3-18-12(16)11(13(17)19-4-2)9-10(14)7-5-6-8-15/h10-11,15H,3-9H2,1-2H3. The third-order valence-corrected chi connectivity index (χ3v) is 3.39. The molecule has 1 atom stereocenters. The van der Waals surface area contributed by atoms with Gasteiger partial charge in [-0.25, -0.2) is 0 Å². The van der Waals surface area contributed by atoms with Gasteiger partial charge in [0, 0.05) is 11.4 Å². The molecule has 0 amide bonds. The summed E-state index contributed by atoms with van der Waals surface area (Å²) in [7, 11) is 0. The van der Waals surface area contributed by atoms with Gasteiger partial charge >= 0.3 is 11.9 Å². The summed E-state index contributed by atoms with van der Waals surface area (Å²) in [6, 6.07) is 0. The van der Waals surface area contributed by atoms with Crippen molar-refractivity contribution in [2.75, 3.05) is 19.8 Å². The molecule has 6 heteroatoms. The first-order chi connectivity index (χ1) is 9.06. The minimum Gasteiger partial charge on any atom is -0.465 e. The van der Waals surface area contributed by atoms with Crippen molar-refractivity contribution < 1.29 is 24.2 Å². The maximum Gasteiger partial charge on any atom is 0.320 e. The second-order valence-electron chi connectivity index (χ2n) is 4.11. The number of carbonyl (C=O) groups excluding carboxylic acids is 2. The number of aliphatic hydroxyl groups is 1. The summed E-state index contributed by atoms with van der Waals surface area (Å²) in [5.74, 6) is -1.95. The molecule has 0 aromatic carbocycles. The maximum atomic E-state index is 11.7. The first-order valence-corrected chi connectivity index (χ1v) is 7.56. The zero-order valence-corrected chi connectivity index (χ0v) is 13.1. The van der Waals surface area contributed by atoms with Crippen LogP contribution < -0.4 is 0 Å². The number of aliphatic hydroxyl groups excluding tert-OH is 1. The van der Waals surface area contributed by atoms with Gasteiger partial charge in [0.05, 0.1) is 13.2 Å². The average Bonchev–Trinajstić information content (AvgIpc) is 2.36. The number of carbonyl (C=O) groups is 2. The molecule has 0 fully saturated rings. The maximum absolute atomic E-state index is 11.7. The van der Waals surface area contributed by atoms with Crippen LogP contribution in [0.1, 0.15) is 39.5 Å². The van der Waals surface area contributed by atoms with Crippen molar-refractivity contribution in [3.8, 4) is 0 Å². The number of unbranched alkanes of at least 4 members (excludes halogenated alkanes) is 1. The van der Waals surface area contributed by atoms with Crippen LogP contribution >= 0.6 is 15.9 Å². The van der Waals surface area contributed by atoms with Gasteiger partial charge < -0.3 is 14.6 Å². The number of rotatable bonds is 10. The lowest BCUT2D eigenvalue weighted by atomic mass is 10.0. The van der Waals surface area contributed by atoms with Crippen LogP contribution in [0.3, 0.4) is 0 Å². The summed E-state index contributed by atoms with van der Waals surface area (Å²) in [6.45, 7) is 4.04. The highest BCUT2D eigenvalue weighted by Gasteiger charge is 2.31. The van der Waals surface area contributed by atoms with Crippen LogP contribution in [0.15, 0.2) is 0 Å². The zero-order valence-electron chi connectivity index (χ0n) is 11.6. The van der Waals surface area contributed by atoms with E-state index < -0.39 is 17.9 Å². The molecule has 0 rings (SSSR count). The summed E-state index contributed by atoms with van der Waals surface area (Å²) in [6.07, 6.45) is 2.69. The second kappa shape index (κ2) is 11.2. The van der Waals surface area contributed by atoms with E-state index in [2.05, 4.69) is 15.9 Å². The molecule has 0 radical (unpaired) electrons. The Morgan fingerprint density at radius 3 is 2.05 bits per heavy atom. The predicted molar refractivity (Wildman–Crippen MR) is 75.0 cm³/mol. The van der Waals surface area contributed by atoms with Gasteiger partial charge in [0.25, 0.3) is 0 Å². The van der Waals surface area contributed by atoms with E-state index in [-0.39, 0.29) is 24.6 Å². The highest BCUT2D eigenvalue weighted by Crippen LogP contribution is 2.21. The SMILES string of the molecule is CCOC(=O)C(CC(Br)CCCCO)C(=O)OCC. The van der Waals surface area contributed by atoms with Gasteiger partial charge in [0.15, 0.2) is 5.92 Å². The molecule has 0 heterocycles. The Morgan fingerprint density at radius 1 is 1.11 bits per heavy atom. The molecule has 0 aromatic heterocycles. The molecular weight excluding hydrogens is 316 g/mol. The summed E-state index contributed by atoms with van der Waals surface area (Å²) < 4.78 is 9.79. The Balaban J connectivity index is 4.39. The number of esters is 2. The van der Waals surface area contributed by atoms with Crippen molar-refractivity contribution in [1.29, 1.82) is 0 Å². The van der Waals surface area contributed by atoms with Crippen molar-refractivity contribution >= 4 is 27.9 Å². The average molecular weight is 339 g/mol. The van der Waals surface area contributed by atoms with Crippen molar-refractivity contribution in [1.82, 2.24) is 0 Å². The Morgan fingerprint density at radius 2 is 1.63 bits per heavy atom.